The van der Waals surface area contributed by atoms with Gasteiger partial charge >= 0.3 is 5.97 Å². The third kappa shape index (κ3) is 7.69. The Hall–Kier alpha value is -0.570. The quantitative estimate of drug-likeness (QED) is 0.489. The Morgan fingerprint density at radius 2 is 1.81 bits per heavy atom. The van der Waals surface area contributed by atoms with Crippen molar-refractivity contribution < 1.29 is 14.6 Å². The minimum Gasteiger partial charge on any atom is -0.460 e. The van der Waals surface area contributed by atoms with Crippen molar-refractivity contribution in [2.75, 3.05) is 0 Å². The second-order valence-electron chi connectivity index (χ2n) is 4.34. The molecule has 0 saturated heterocycles. The maximum absolute atomic E-state index is 11.4. The van der Waals surface area contributed by atoms with E-state index in [9.17, 15) is 9.90 Å². The third-order valence-corrected chi connectivity index (χ3v) is 2.71. The molecule has 2 atom stereocenters. The molecule has 2 unspecified atom stereocenters. The number of aliphatic hydroxyl groups excluding tert-OH is 1. The predicted molar refractivity (Wildman–Crippen MR) is 65.2 cm³/mol. The highest BCUT2D eigenvalue weighted by atomic mass is 16.6. The first-order valence-electron chi connectivity index (χ1n) is 6.49. The molecule has 16 heavy (non-hydrogen) atoms. The zero-order chi connectivity index (χ0) is 12.4. The van der Waals surface area contributed by atoms with Crippen molar-refractivity contribution in [2.45, 2.75) is 77.9 Å². The molecular formula is C13H26O3. The first kappa shape index (κ1) is 15.4. The molecule has 0 aliphatic rings. The van der Waals surface area contributed by atoms with Crippen LogP contribution in [0.25, 0.3) is 0 Å². The van der Waals surface area contributed by atoms with Gasteiger partial charge < -0.3 is 9.84 Å². The number of rotatable bonds is 9. The Morgan fingerprint density at radius 3 is 2.31 bits per heavy atom. The number of carbonyl (C=O) groups is 1. The summed E-state index contributed by atoms with van der Waals surface area (Å²) in [6.07, 6.45) is 5.86. The summed E-state index contributed by atoms with van der Waals surface area (Å²) in [6, 6.07) is 0. The molecule has 0 saturated carbocycles. The van der Waals surface area contributed by atoms with Gasteiger partial charge in [0.1, 0.15) is 6.10 Å². The van der Waals surface area contributed by atoms with Crippen molar-refractivity contribution in [1.82, 2.24) is 0 Å². The van der Waals surface area contributed by atoms with Crippen LogP contribution in [0.4, 0.5) is 0 Å². The summed E-state index contributed by atoms with van der Waals surface area (Å²) in [7, 11) is 0. The molecule has 0 radical (unpaired) electrons. The van der Waals surface area contributed by atoms with Gasteiger partial charge in [0, 0.05) is 6.42 Å². The molecule has 0 fully saturated rings. The van der Waals surface area contributed by atoms with Gasteiger partial charge in [0.15, 0.2) is 0 Å². The lowest BCUT2D eigenvalue weighted by molar-refractivity contribution is -0.154. The molecule has 0 bridgehead atoms. The third-order valence-electron chi connectivity index (χ3n) is 2.71. The van der Waals surface area contributed by atoms with Crippen LogP contribution in [-0.4, -0.2) is 23.3 Å². The fourth-order valence-electron chi connectivity index (χ4n) is 1.62. The highest BCUT2D eigenvalue weighted by Gasteiger charge is 2.16. The topological polar surface area (TPSA) is 46.5 Å². The SMILES string of the molecule is CCCCCCCC(=O)OC(CC)C(C)O. The van der Waals surface area contributed by atoms with E-state index < -0.39 is 6.10 Å². The van der Waals surface area contributed by atoms with Crippen LogP contribution in [0.1, 0.15) is 65.7 Å². The minimum atomic E-state index is -0.575. The average Bonchev–Trinajstić information content (AvgIpc) is 2.25. The van der Waals surface area contributed by atoms with E-state index >= 15 is 0 Å². The van der Waals surface area contributed by atoms with Crippen LogP contribution in [0, 0.1) is 0 Å². The summed E-state index contributed by atoms with van der Waals surface area (Å²) in [5, 5.41) is 9.33. The van der Waals surface area contributed by atoms with Gasteiger partial charge in [0.05, 0.1) is 6.10 Å². The number of hydrogen-bond donors (Lipinski definition) is 1. The van der Waals surface area contributed by atoms with Crippen molar-refractivity contribution in [3.63, 3.8) is 0 Å². The van der Waals surface area contributed by atoms with Crippen LogP contribution >= 0.6 is 0 Å². The highest BCUT2D eigenvalue weighted by Crippen LogP contribution is 2.09. The van der Waals surface area contributed by atoms with Gasteiger partial charge in [0.2, 0.25) is 0 Å². The van der Waals surface area contributed by atoms with Gasteiger partial charge in [-0.05, 0) is 19.8 Å². The molecule has 0 aliphatic carbocycles. The van der Waals surface area contributed by atoms with Crippen LogP contribution in [0.5, 0.6) is 0 Å². The van der Waals surface area contributed by atoms with Crippen LogP contribution in [0.2, 0.25) is 0 Å². The van der Waals surface area contributed by atoms with Crippen LogP contribution in [0.15, 0.2) is 0 Å². The van der Waals surface area contributed by atoms with Crippen molar-refractivity contribution in [2.24, 2.45) is 0 Å². The average molecular weight is 230 g/mol. The molecule has 0 heterocycles. The highest BCUT2D eigenvalue weighted by molar-refractivity contribution is 5.69. The summed E-state index contributed by atoms with van der Waals surface area (Å²) in [5.74, 6) is -0.177. The van der Waals surface area contributed by atoms with E-state index in [0.717, 1.165) is 12.8 Å². The second-order valence-corrected chi connectivity index (χ2v) is 4.34. The first-order valence-corrected chi connectivity index (χ1v) is 6.49. The van der Waals surface area contributed by atoms with Gasteiger partial charge in [0.25, 0.3) is 0 Å². The lowest BCUT2D eigenvalue weighted by Crippen LogP contribution is -2.28. The molecule has 3 heteroatoms. The maximum atomic E-state index is 11.4. The molecule has 0 spiro atoms. The second kappa shape index (κ2) is 9.64. The lowest BCUT2D eigenvalue weighted by atomic mass is 10.1. The monoisotopic (exact) mass is 230 g/mol. The van der Waals surface area contributed by atoms with Gasteiger partial charge in [-0.25, -0.2) is 0 Å². The van der Waals surface area contributed by atoms with E-state index in [-0.39, 0.29) is 12.1 Å². The number of unbranched alkanes of at least 4 members (excludes halogenated alkanes) is 4. The molecular weight excluding hydrogens is 204 g/mol. The fraction of sp³-hybridized carbons (Fsp3) is 0.923. The molecule has 0 amide bonds. The first-order chi connectivity index (χ1) is 7.61. The molecule has 0 rings (SSSR count). The Kier molecular flexibility index (Phi) is 9.30. The fourth-order valence-corrected chi connectivity index (χ4v) is 1.62. The van der Waals surface area contributed by atoms with E-state index in [2.05, 4.69) is 6.92 Å². The zero-order valence-corrected chi connectivity index (χ0v) is 10.9. The van der Waals surface area contributed by atoms with Gasteiger partial charge in [-0.2, -0.15) is 0 Å². The summed E-state index contributed by atoms with van der Waals surface area (Å²) in [4.78, 5) is 11.4. The predicted octanol–water partition coefficient (Wildman–Crippen LogP) is 3.05. The minimum absolute atomic E-state index is 0.177. The number of esters is 1. The van der Waals surface area contributed by atoms with Crippen LogP contribution in [0.3, 0.4) is 0 Å². The Morgan fingerprint density at radius 1 is 1.19 bits per heavy atom. The van der Waals surface area contributed by atoms with E-state index in [1.165, 1.54) is 19.3 Å². The summed E-state index contributed by atoms with van der Waals surface area (Å²) in [5.41, 5.74) is 0. The standard InChI is InChI=1S/C13H26O3/c1-4-6-7-8-9-10-13(15)16-12(5-2)11(3)14/h11-12,14H,4-10H2,1-3H3. The summed E-state index contributed by atoms with van der Waals surface area (Å²) in [6.45, 7) is 5.73. The Labute approximate surface area is 99.2 Å². The van der Waals surface area contributed by atoms with Crippen molar-refractivity contribution in [1.29, 1.82) is 0 Å². The molecule has 0 aromatic rings. The largest absolute Gasteiger partial charge is 0.460 e. The zero-order valence-electron chi connectivity index (χ0n) is 10.9. The van der Waals surface area contributed by atoms with Gasteiger partial charge in [-0.3, -0.25) is 4.79 Å². The summed E-state index contributed by atoms with van der Waals surface area (Å²) < 4.78 is 5.18. The summed E-state index contributed by atoms with van der Waals surface area (Å²) >= 11 is 0. The smallest absolute Gasteiger partial charge is 0.306 e. The number of aliphatic hydroxyl groups is 1. The lowest BCUT2D eigenvalue weighted by Gasteiger charge is -2.18. The molecule has 96 valence electrons. The van der Waals surface area contributed by atoms with Crippen molar-refractivity contribution in [3.8, 4) is 0 Å². The number of ether oxygens (including phenoxy) is 1. The van der Waals surface area contributed by atoms with E-state index in [1.54, 1.807) is 6.92 Å². The molecule has 0 aromatic heterocycles. The maximum Gasteiger partial charge on any atom is 0.306 e. The number of hydrogen-bond acceptors (Lipinski definition) is 3. The van der Waals surface area contributed by atoms with Crippen molar-refractivity contribution in [3.05, 3.63) is 0 Å². The normalized spacial score (nSPS) is 14.5. The molecule has 1 N–H and O–H groups in total. The van der Waals surface area contributed by atoms with E-state index in [0.29, 0.717) is 12.8 Å². The number of carbonyl (C=O) groups excluding carboxylic acids is 1. The van der Waals surface area contributed by atoms with Crippen molar-refractivity contribution >= 4 is 5.97 Å². The van der Waals surface area contributed by atoms with Gasteiger partial charge in [-0.15, -0.1) is 0 Å². The van der Waals surface area contributed by atoms with E-state index in [4.69, 9.17) is 4.74 Å². The van der Waals surface area contributed by atoms with Crippen LogP contribution in [-0.2, 0) is 9.53 Å². The molecule has 0 aliphatic heterocycles. The van der Waals surface area contributed by atoms with E-state index in [1.807, 2.05) is 6.92 Å². The molecule has 3 nitrogen and oxygen atoms in total. The Balaban J connectivity index is 3.57. The van der Waals surface area contributed by atoms with Gasteiger partial charge in [-0.1, -0.05) is 39.5 Å². The van der Waals surface area contributed by atoms with Crippen LogP contribution < -0.4 is 0 Å². The Bertz CT molecular complexity index is 178. The molecule has 0 aromatic carbocycles.